The van der Waals surface area contributed by atoms with Crippen LogP contribution in [0.4, 0.5) is 18.9 Å². The smallest absolute Gasteiger partial charge is 0.324 e. The van der Waals surface area contributed by atoms with Crippen molar-refractivity contribution in [2.75, 3.05) is 0 Å². The Labute approximate surface area is 185 Å². The van der Waals surface area contributed by atoms with Crippen LogP contribution < -0.4 is 5.73 Å². The largest absolute Gasteiger partial charge is 0.435 e. The van der Waals surface area contributed by atoms with Crippen LogP contribution in [0.2, 0.25) is 0 Å². The third kappa shape index (κ3) is 3.83. The fourth-order valence-electron chi connectivity index (χ4n) is 4.52. The second-order valence-electron chi connectivity index (χ2n) is 9.52. The van der Waals surface area contributed by atoms with Crippen molar-refractivity contribution in [2.45, 2.75) is 52.8 Å². The number of aryl methyl sites for hydroxylation is 1. The number of halogens is 3. The number of hydrogen-bond acceptors (Lipinski definition) is 4. The molecule has 9 heteroatoms. The number of nitrogens with two attached hydrogens (primary N) is 1. The SMILES string of the molecule is CC(N)c1cnn2cc(-c3cc(C(F)(F)F)nn3C)cc2c1N=CC1CCC(C)C1(C)C. The van der Waals surface area contributed by atoms with Crippen molar-refractivity contribution in [1.29, 1.82) is 0 Å². The van der Waals surface area contributed by atoms with Crippen molar-refractivity contribution >= 4 is 17.4 Å². The summed E-state index contributed by atoms with van der Waals surface area (Å²) < 4.78 is 42.2. The average Bonchev–Trinajstić information content (AvgIpc) is 3.36. The predicted molar refractivity (Wildman–Crippen MR) is 119 cm³/mol. The molecule has 2 N–H and O–H groups in total. The maximum atomic E-state index is 13.1. The highest BCUT2D eigenvalue weighted by molar-refractivity contribution is 5.82. The molecule has 1 aliphatic rings. The Kier molecular flexibility index (Phi) is 5.43. The molecule has 32 heavy (non-hydrogen) atoms. The van der Waals surface area contributed by atoms with Gasteiger partial charge in [-0.25, -0.2) is 4.52 Å². The highest BCUT2D eigenvalue weighted by atomic mass is 19.4. The van der Waals surface area contributed by atoms with Gasteiger partial charge in [0.15, 0.2) is 5.69 Å². The molecule has 6 nitrogen and oxygen atoms in total. The summed E-state index contributed by atoms with van der Waals surface area (Å²) in [5.41, 5.74) is 8.55. The third-order valence-corrected chi connectivity index (χ3v) is 7.11. The molecule has 0 amide bonds. The van der Waals surface area contributed by atoms with Gasteiger partial charge in [-0.1, -0.05) is 20.8 Å². The Balaban J connectivity index is 1.81. The first-order valence-electron chi connectivity index (χ1n) is 10.8. The van der Waals surface area contributed by atoms with E-state index in [-0.39, 0.29) is 11.5 Å². The molecular formula is C23H29F3N6. The second-order valence-corrected chi connectivity index (χ2v) is 9.52. The van der Waals surface area contributed by atoms with E-state index in [1.165, 1.54) is 11.7 Å². The van der Waals surface area contributed by atoms with Gasteiger partial charge in [-0.15, -0.1) is 0 Å². The number of hydrogen-bond donors (Lipinski definition) is 1. The third-order valence-electron chi connectivity index (χ3n) is 7.11. The van der Waals surface area contributed by atoms with Crippen LogP contribution in [0.5, 0.6) is 0 Å². The highest BCUT2D eigenvalue weighted by Gasteiger charge is 2.39. The van der Waals surface area contributed by atoms with Gasteiger partial charge in [0.2, 0.25) is 0 Å². The van der Waals surface area contributed by atoms with Gasteiger partial charge >= 0.3 is 6.18 Å². The molecule has 0 spiro atoms. The van der Waals surface area contributed by atoms with Gasteiger partial charge in [-0.05, 0) is 49.1 Å². The summed E-state index contributed by atoms with van der Waals surface area (Å²) in [5, 5.41) is 8.05. The van der Waals surface area contributed by atoms with Crippen LogP contribution in [-0.4, -0.2) is 25.6 Å². The summed E-state index contributed by atoms with van der Waals surface area (Å²) in [6, 6.07) is 2.56. The lowest BCUT2D eigenvalue weighted by Gasteiger charge is -2.28. The van der Waals surface area contributed by atoms with Gasteiger partial charge in [0.1, 0.15) is 0 Å². The van der Waals surface area contributed by atoms with Crippen LogP contribution >= 0.6 is 0 Å². The lowest BCUT2D eigenvalue weighted by atomic mass is 9.77. The molecule has 3 aromatic rings. The zero-order valence-corrected chi connectivity index (χ0v) is 19.0. The van der Waals surface area contributed by atoms with E-state index in [0.717, 1.165) is 24.5 Å². The van der Waals surface area contributed by atoms with E-state index < -0.39 is 11.9 Å². The van der Waals surface area contributed by atoms with Crippen molar-refractivity contribution < 1.29 is 13.2 Å². The van der Waals surface area contributed by atoms with Crippen molar-refractivity contribution in [3.05, 3.63) is 35.8 Å². The van der Waals surface area contributed by atoms with E-state index in [9.17, 15) is 13.2 Å². The summed E-state index contributed by atoms with van der Waals surface area (Å²) in [6.07, 6.45) is 3.12. The molecule has 0 radical (unpaired) electrons. The number of alkyl halides is 3. The van der Waals surface area contributed by atoms with Gasteiger partial charge < -0.3 is 5.73 Å². The van der Waals surface area contributed by atoms with Crippen molar-refractivity contribution in [3.63, 3.8) is 0 Å². The molecule has 0 aromatic carbocycles. The molecule has 1 fully saturated rings. The minimum Gasteiger partial charge on any atom is -0.324 e. The molecular weight excluding hydrogens is 417 g/mol. The predicted octanol–water partition coefficient (Wildman–Crippen LogP) is 5.55. The van der Waals surface area contributed by atoms with E-state index in [0.29, 0.717) is 34.3 Å². The van der Waals surface area contributed by atoms with Crippen LogP contribution in [-0.2, 0) is 13.2 Å². The summed E-state index contributed by atoms with van der Waals surface area (Å²) in [5.74, 6) is 0.948. The van der Waals surface area contributed by atoms with E-state index >= 15 is 0 Å². The summed E-state index contributed by atoms with van der Waals surface area (Å²) in [4.78, 5) is 4.87. The van der Waals surface area contributed by atoms with Crippen LogP contribution in [0.25, 0.3) is 16.8 Å². The maximum absolute atomic E-state index is 13.1. The van der Waals surface area contributed by atoms with Gasteiger partial charge in [0, 0.05) is 36.6 Å². The Bertz CT molecular complexity index is 1170. The first kappa shape index (κ1) is 22.5. The van der Waals surface area contributed by atoms with Gasteiger partial charge in [0.25, 0.3) is 0 Å². The number of fused-ring (bicyclic) bond motifs is 1. The normalized spacial score (nSPS) is 22.3. The van der Waals surface area contributed by atoms with Gasteiger partial charge in [-0.2, -0.15) is 23.4 Å². The minimum absolute atomic E-state index is 0.150. The molecule has 0 saturated heterocycles. The lowest BCUT2D eigenvalue weighted by molar-refractivity contribution is -0.141. The van der Waals surface area contributed by atoms with Crippen molar-refractivity contribution in [1.82, 2.24) is 19.4 Å². The van der Waals surface area contributed by atoms with Crippen LogP contribution in [0.15, 0.2) is 29.5 Å². The van der Waals surface area contributed by atoms with Crippen LogP contribution in [0, 0.1) is 17.3 Å². The fraction of sp³-hybridized carbons (Fsp3) is 0.522. The van der Waals surface area contributed by atoms with Crippen molar-refractivity contribution in [3.8, 4) is 11.3 Å². The topological polar surface area (TPSA) is 73.5 Å². The van der Waals surface area contributed by atoms with E-state index in [2.05, 4.69) is 31.0 Å². The molecule has 3 atom stereocenters. The highest BCUT2D eigenvalue weighted by Crippen LogP contribution is 2.46. The van der Waals surface area contributed by atoms with E-state index in [4.69, 9.17) is 10.7 Å². The lowest BCUT2D eigenvalue weighted by Crippen LogP contribution is -2.24. The molecule has 0 bridgehead atoms. The van der Waals surface area contributed by atoms with E-state index in [1.807, 2.05) is 13.1 Å². The quantitative estimate of drug-likeness (QED) is 0.534. The number of nitrogens with zero attached hydrogens (tertiary/aromatic N) is 5. The van der Waals surface area contributed by atoms with E-state index in [1.54, 1.807) is 23.0 Å². The monoisotopic (exact) mass is 446 g/mol. The molecule has 4 rings (SSSR count). The molecule has 0 aliphatic heterocycles. The van der Waals surface area contributed by atoms with Gasteiger partial charge in [-0.3, -0.25) is 9.67 Å². The zero-order valence-electron chi connectivity index (χ0n) is 19.0. The Hall–Kier alpha value is -2.68. The van der Waals surface area contributed by atoms with Gasteiger partial charge in [0.05, 0.1) is 23.1 Å². The molecule has 3 aromatic heterocycles. The Morgan fingerprint density at radius 3 is 2.56 bits per heavy atom. The Morgan fingerprint density at radius 1 is 1.28 bits per heavy atom. The van der Waals surface area contributed by atoms with Crippen LogP contribution in [0.1, 0.15) is 57.8 Å². The fourth-order valence-corrected chi connectivity index (χ4v) is 4.52. The Morgan fingerprint density at radius 2 is 2.00 bits per heavy atom. The maximum Gasteiger partial charge on any atom is 0.435 e. The number of aromatic nitrogens is 4. The molecule has 172 valence electrons. The van der Waals surface area contributed by atoms with Crippen LogP contribution in [0.3, 0.4) is 0 Å². The summed E-state index contributed by atoms with van der Waals surface area (Å²) in [6.45, 7) is 8.68. The molecule has 1 saturated carbocycles. The first-order valence-corrected chi connectivity index (χ1v) is 10.8. The summed E-state index contributed by atoms with van der Waals surface area (Å²) in [7, 11) is 1.50. The average molecular weight is 447 g/mol. The summed E-state index contributed by atoms with van der Waals surface area (Å²) >= 11 is 0. The number of rotatable bonds is 4. The molecule has 1 aliphatic carbocycles. The second kappa shape index (κ2) is 7.72. The first-order chi connectivity index (χ1) is 14.9. The standard InChI is InChI=1S/C23H29F3N6/c1-13-6-7-16(22(13,3)4)10-28-21-17(14(2)27)11-29-32-12-15(8-19(21)32)18-9-20(23(24,25)26)30-31(18)5/h8-14,16H,6-7,27H2,1-5H3. The zero-order chi connectivity index (χ0) is 23.4. The molecule has 3 heterocycles. The minimum atomic E-state index is -4.50. The molecule has 3 unspecified atom stereocenters. The van der Waals surface area contributed by atoms with Crippen molar-refractivity contribution in [2.24, 2.45) is 35.0 Å². The number of aliphatic imine (C=N–C) groups is 1.